The van der Waals surface area contributed by atoms with Gasteiger partial charge in [-0.25, -0.2) is 22.9 Å². The lowest BCUT2D eigenvalue weighted by Gasteiger charge is -2.30. The van der Waals surface area contributed by atoms with Crippen LogP contribution in [-0.4, -0.2) is 53.8 Å². The summed E-state index contributed by atoms with van der Waals surface area (Å²) in [5.41, 5.74) is 2.62. The normalized spacial score (nSPS) is 12.0. The topological polar surface area (TPSA) is 134 Å². The van der Waals surface area contributed by atoms with E-state index < -0.39 is 27.6 Å². The Morgan fingerprint density at radius 2 is 1.63 bits per heavy atom. The summed E-state index contributed by atoms with van der Waals surface area (Å²) in [5, 5.41) is 8.46. The zero-order valence-electron chi connectivity index (χ0n) is 23.5. The van der Waals surface area contributed by atoms with Gasteiger partial charge >= 0.3 is 5.97 Å². The number of aromatic nitrogens is 4. The Morgan fingerprint density at radius 3 is 2.30 bits per heavy atom. The van der Waals surface area contributed by atoms with Gasteiger partial charge < -0.3 is 9.47 Å². The minimum Gasteiger partial charge on any atom is -0.481 e. The molecule has 0 N–H and O–H groups in total. The molecule has 3 aromatic carbocycles. The summed E-state index contributed by atoms with van der Waals surface area (Å²) in [4.78, 5) is 30.9. The van der Waals surface area contributed by atoms with E-state index in [9.17, 15) is 18.0 Å². The summed E-state index contributed by atoms with van der Waals surface area (Å²) in [5.74, 6) is -0.296. The molecule has 0 aliphatic carbocycles. The Bertz CT molecular complexity index is 1880. The quantitative estimate of drug-likeness (QED) is 0.208. The van der Waals surface area contributed by atoms with Gasteiger partial charge in [0.05, 0.1) is 24.4 Å². The number of pyridine rings is 1. The molecule has 0 fully saturated rings. The average molecular weight is 600 g/mol. The van der Waals surface area contributed by atoms with Crippen molar-refractivity contribution in [3.8, 4) is 17.0 Å². The summed E-state index contributed by atoms with van der Waals surface area (Å²) < 4.78 is 39.3. The van der Waals surface area contributed by atoms with E-state index >= 15 is 0 Å². The first kappa shape index (κ1) is 29.4. The Balaban J connectivity index is 1.47. The third-order valence-corrected chi connectivity index (χ3v) is 7.96. The van der Waals surface area contributed by atoms with E-state index in [4.69, 9.17) is 9.47 Å². The maximum Gasteiger partial charge on any atom is 0.330 e. The molecule has 0 amide bonds. The number of aryl methyl sites for hydroxylation is 1. The molecule has 5 aromatic rings. The SMILES string of the molecule is COc1ccc(-c2ccc(N(C(CCn3nnc4ccccc4c3=O)C(=O)OCc3ccccc3)S(C)(=O)=O)cc2)cn1. The summed E-state index contributed by atoms with van der Waals surface area (Å²) in [7, 11) is -2.47. The molecule has 0 spiro atoms. The van der Waals surface area contributed by atoms with Crippen molar-refractivity contribution in [1.29, 1.82) is 0 Å². The van der Waals surface area contributed by atoms with Crippen molar-refractivity contribution in [3.63, 3.8) is 0 Å². The predicted octanol–water partition coefficient (Wildman–Crippen LogP) is 3.83. The molecule has 220 valence electrons. The fraction of sp³-hybridized carbons (Fsp3) is 0.194. The summed E-state index contributed by atoms with van der Waals surface area (Å²) in [6.45, 7) is -0.129. The van der Waals surface area contributed by atoms with Crippen LogP contribution in [0.15, 0.2) is 102 Å². The third kappa shape index (κ3) is 6.87. The second kappa shape index (κ2) is 12.8. The van der Waals surface area contributed by atoms with E-state index in [0.29, 0.717) is 16.8 Å². The van der Waals surface area contributed by atoms with Crippen LogP contribution in [0.5, 0.6) is 5.88 Å². The van der Waals surface area contributed by atoms with Gasteiger partial charge in [-0.05, 0) is 47.9 Å². The van der Waals surface area contributed by atoms with E-state index in [2.05, 4.69) is 15.3 Å². The molecule has 0 saturated carbocycles. The maximum absolute atomic E-state index is 13.6. The van der Waals surface area contributed by atoms with Crippen molar-refractivity contribution in [3.05, 3.63) is 113 Å². The number of hydrogen-bond acceptors (Lipinski definition) is 9. The zero-order valence-corrected chi connectivity index (χ0v) is 24.3. The first-order chi connectivity index (χ1) is 20.7. The minimum absolute atomic E-state index is 0.0487. The zero-order chi connectivity index (χ0) is 30.4. The molecule has 5 rings (SSSR count). The lowest BCUT2D eigenvalue weighted by Crippen LogP contribution is -2.46. The number of esters is 1. The smallest absolute Gasteiger partial charge is 0.330 e. The number of ether oxygens (including phenoxy) is 2. The average Bonchev–Trinajstić information content (AvgIpc) is 3.03. The lowest BCUT2D eigenvalue weighted by atomic mass is 10.1. The van der Waals surface area contributed by atoms with Gasteiger partial charge in [0.15, 0.2) is 0 Å². The summed E-state index contributed by atoms with van der Waals surface area (Å²) >= 11 is 0. The molecule has 2 aromatic heterocycles. The highest BCUT2D eigenvalue weighted by atomic mass is 32.2. The van der Waals surface area contributed by atoms with Crippen molar-refractivity contribution in [2.24, 2.45) is 0 Å². The molecule has 11 nitrogen and oxygen atoms in total. The van der Waals surface area contributed by atoms with Crippen LogP contribution >= 0.6 is 0 Å². The first-order valence-electron chi connectivity index (χ1n) is 13.4. The molecule has 0 radical (unpaired) electrons. The van der Waals surface area contributed by atoms with Crippen LogP contribution in [-0.2, 0) is 32.7 Å². The summed E-state index contributed by atoms with van der Waals surface area (Å²) in [6, 6.07) is 24.8. The number of anilines is 1. The van der Waals surface area contributed by atoms with E-state index in [0.717, 1.165) is 31.9 Å². The Morgan fingerprint density at radius 1 is 0.930 bits per heavy atom. The van der Waals surface area contributed by atoms with Crippen molar-refractivity contribution >= 4 is 32.6 Å². The molecule has 2 heterocycles. The number of carbonyl (C=O) groups excluding carboxylic acids is 1. The van der Waals surface area contributed by atoms with Gasteiger partial charge in [-0.15, -0.1) is 5.10 Å². The molecule has 1 atom stereocenters. The van der Waals surface area contributed by atoms with Crippen molar-refractivity contribution in [1.82, 2.24) is 20.0 Å². The molecule has 0 bridgehead atoms. The maximum atomic E-state index is 13.6. The number of sulfonamides is 1. The van der Waals surface area contributed by atoms with Crippen LogP contribution in [0, 0.1) is 0 Å². The molecule has 0 saturated heterocycles. The van der Waals surface area contributed by atoms with Gasteiger partial charge in [0.2, 0.25) is 15.9 Å². The van der Waals surface area contributed by atoms with Crippen LogP contribution in [0.25, 0.3) is 22.0 Å². The van der Waals surface area contributed by atoms with Gasteiger partial charge in [-0.1, -0.05) is 59.8 Å². The van der Waals surface area contributed by atoms with Crippen LogP contribution in [0.4, 0.5) is 5.69 Å². The van der Waals surface area contributed by atoms with Crippen molar-refractivity contribution < 1.29 is 22.7 Å². The first-order valence-corrected chi connectivity index (χ1v) is 15.2. The van der Waals surface area contributed by atoms with Gasteiger partial charge in [-0.2, -0.15) is 0 Å². The van der Waals surface area contributed by atoms with Crippen LogP contribution in [0.2, 0.25) is 0 Å². The third-order valence-electron chi connectivity index (χ3n) is 6.78. The molecule has 43 heavy (non-hydrogen) atoms. The number of benzene rings is 3. The molecule has 12 heteroatoms. The highest BCUT2D eigenvalue weighted by Crippen LogP contribution is 2.28. The Hall–Kier alpha value is -5.10. The predicted molar refractivity (Wildman–Crippen MR) is 162 cm³/mol. The van der Waals surface area contributed by atoms with Crippen molar-refractivity contribution in [2.45, 2.75) is 25.6 Å². The number of hydrogen-bond donors (Lipinski definition) is 0. The number of nitrogens with zero attached hydrogens (tertiary/aromatic N) is 5. The Kier molecular flexibility index (Phi) is 8.77. The van der Waals surface area contributed by atoms with E-state index in [1.165, 1.54) is 7.11 Å². The number of methoxy groups -OCH3 is 1. The van der Waals surface area contributed by atoms with E-state index in [1.807, 2.05) is 24.3 Å². The van der Waals surface area contributed by atoms with E-state index in [-0.39, 0.29) is 25.3 Å². The van der Waals surface area contributed by atoms with E-state index in [1.54, 1.807) is 72.9 Å². The standard InChI is InChI=1S/C31H29N5O6S/c1-41-29-17-14-24(20-32-29)23-12-15-25(16-13-23)36(43(2,39)40)28(31(38)42-21-22-8-4-3-5-9-22)18-19-35-30(37)26-10-6-7-11-27(26)33-34-35/h3-17,20,28H,18-19,21H2,1-2H3. The number of rotatable bonds is 11. The molecule has 0 aliphatic rings. The summed E-state index contributed by atoms with van der Waals surface area (Å²) in [6.07, 6.45) is 2.57. The highest BCUT2D eigenvalue weighted by Gasteiger charge is 2.34. The number of fused-ring (bicyclic) bond motifs is 1. The fourth-order valence-electron chi connectivity index (χ4n) is 4.65. The highest BCUT2D eigenvalue weighted by molar-refractivity contribution is 7.92. The molecular formula is C31H29N5O6S. The second-order valence-corrected chi connectivity index (χ2v) is 11.6. The Labute approximate surface area is 248 Å². The number of carbonyl (C=O) groups is 1. The van der Waals surface area contributed by atoms with Gasteiger partial charge in [0.25, 0.3) is 5.56 Å². The fourth-order valence-corrected chi connectivity index (χ4v) is 5.80. The second-order valence-electron chi connectivity index (χ2n) is 9.73. The van der Waals surface area contributed by atoms with Gasteiger partial charge in [0.1, 0.15) is 18.2 Å². The van der Waals surface area contributed by atoms with Crippen molar-refractivity contribution in [2.75, 3.05) is 17.7 Å². The monoisotopic (exact) mass is 599 g/mol. The lowest BCUT2D eigenvalue weighted by molar-refractivity contribution is -0.146. The molecule has 1 unspecified atom stereocenters. The van der Waals surface area contributed by atoms with Gasteiger partial charge in [-0.3, -0.25) is 9.10 Å². The van der Waals surface area contributed by atoms with Crippen LogP contribution in [0.1, 0.15) is 12.0 Å². The largest absolute Gasteiger partial charge is 0.481 e. The minimum atomic E-state index is -4.00. The molecule has 0 aliphatic heterocycles. The molecular weight excluding hydrogens is 570 g/mol. The van der Waals surface area contributed by atoms with Crippen LogP contribution in [0.3, 0.4) is 0 Å². The van der Waals surface area contributed by atoms with Crippen LogP contribution < -0.4 is 14.6 Å². The van der Waals surface area contributed by atoms with Gasteiger partial charge in [0, 0.05) is 24.4 Å².